The number of fused-ring (bicyclic) bond motifs is 3. The summed E-state index contributed by atoms with van der Waals surface area (Å²) in [6.07, 6.45) is 10.0. The van der Waals surface area contributed by atoms with E-state index in [-0.39, 0.29) is 35.5 Å². The van der Waals surface area contributed by atoms with Gasteiger partial charge in [-0.15, -0.1) is 0 Å². The summed E-state index contributed by atoms with van der Waals surface area (Å²) in [5, 5.41) is 13.9. The lowest BCUT2D eigenvalue weighted by atomic mass is 9.85. The lowest BCUT2D eigenvalue weighted by Gasteiger charge is -2.39. The van der Waals surface area contributed by atoms with Gasteiger partial charge < -0.3 is 20.7 Å². The van der Waals surface area contributed by atoms with Crippen LogP contribution in [-0.2, 0) is 4.79 Å². The Morgan fingerprint density at radius 2 is 1.95 bits per heavy atom. The van der Waals surface area contributed by atoms with E-state index in [1.807, 2.05) is 17.9 Å². The second-order valence-electron chi connectivity index (χ2n) is 9.95. The van der Waals surface area contributed by atoms with Crippen LogP contribution in [0.4, 0.5) is 5.82 Å². The molecule has 6 rings (SSSR count). The van der Waals surface area contributed by atoms with E-state index >= 15 is 0 Å². The normalized spacial score (nSPS) is 21.1. The SMILES string of the molecule is CC(=O)c1c([C@H]2C[C@H]3CC[C@@H](C2)N3C(=O)CO)nc2c(-c3cnc(-c4ncc[nH]4)c(C)c3)cnn2c1N. The number of nitrogens with one attached hydrogen (secondary N) is 1. The minimum absolute atomic E-state index is 0.0211. The third kappa shape index (κ3) is 3.69. The number of amides is 1. The first kappa shape index (κ1) is 23.3. The van der Waals surface area contributed by atoms with Crippen molar-refractivity contribution in [2.45, 2.75) is 57.5 Å². The van der Waals surface area contributed by atoms with Crippen LogP contribution in [0.1, 0.15) is 60.1 Å². The maximum atomic E-state index is 12.8. The standard InChI is InChI=1S/C26H28N8O3/c1-13-7-16(10-30-22(13)25-28-5-6-29-25)19-11-31-34-24(27)21(14(2)36)23(32-26(19)34)15-8-17-3-4-18(9-15)33(17)20(37)12-35/h5-7,10-11,15,17-18,35H,3-4,8-9,12,27H2,1-2H3,(H,28,29)/t15-,17+,18-. The van der Waals surface area contributed by atoms with Gasteiger partial charge in [0.15, 0.2) is 17.3 Å². The fourth-order valence-electron chi connectivity index (χ4n) is 6.15. The van der Waals surface area contributed by atoms with Gasteiger partial charge in [-0.05, 0) is 51.2 Å². The minimum Gasteiger partial charge on any atom is -0.387 e. The fraction of sp³-hybridized carbons (Fsp3) is 0.385. The number of piperidine rings is 1. The van der Waals surface area contributed by atoms with Gasteiger partial charge in [-0.1, -0.05) is 0 Å². The van der Waals surface area contributed by atoms with E-state index in [4.69, 9.17) is 10.7 Å². The van der Waals surface area contributed by atoms with Crippen molar-refractivity contribution in [3.05, 3.63) is 47.7 Å². The first-order chi connectivity index (χ1) is 17.9. The van der Waals surface area contributed by atoms with Crippen LogP contribution in [-0.4, -0.2) is 69.9 Å². The van der Waals surface area contributed by atoms with Gasteiger partial charge in [0.2, 0.25) is 5.91 Å². The van der Waals surface area contributed by atoms with Gasteiger partial charge in [0, 0.05) is 47.7 Å². The Balaban J connectivity index is 1.44. The summed E-state index contributed by atoms with van der Waals surface area (Å²) in [5.74, 6) is 0.521. The van der Waals surface area contributed by atoms with Crippen molar-refractivity contribution in [2.75, 3.05) is 12.3 Å². The number of aryl methyl sites for hydroxylation is 1. The smallest absolute Gasteiger partial charge is 0.248 e. The molecule has 1 amide bonds. The van der Waals surface area contributed by atoms with E-state index in [0.29, 0.717) is 35.6 Å². The molecule has 2 fully saturated rings. The van der Waals surface area contributed by atoms with E-state index in [9.17, 15) is 14.7 Å². The average Bonchev–Trinajstić information content (AvgIpc) is 3.61. The number of pyridine rings is 1. The molecule has 4 aromatic heterocycles. The highest BCUT2D eigenvalue weighted by Gasteiger charge is 2.44. The zero-order valence-electron chi connectivity index (χ0n) is 20.7. The predicted octanol–water partition coefficient (Wildman–Crippen LogP) is 2.50. The highest BCUT2D eigenvalue weighted by atomic mass is 16.3. The Hall–Kier alpha value is -4.12. The van der Waals surface area contributed by atoms with Crippen LogP contribution in [0.5, 0.6) is 0 Å². The quantitative estimate of drug-likeness (QED) is 0.353. The number of Topliss-reactive ketones (excluding diaryl/α,β-unsaturated/α-hetero) is 1. The first-order valence-electron chi connectivity index (χ1n) is 12.4. The van der Waals surface area contributed by atoms with Crippen LogP contribution in [0.2, 0.25) is 0 Å². The lowest BCUT2D eigenvalue weighted by Crippen LogP contribution is -2.47. The fourth-order valence-corrected chi connectivity index (χ4v) is 6.15. The highest BCUT2D eigenvalue weighted by molar-refractivity contribution is 6.00. The Kier molecular flexibility index (Phi) is 5.52. The van der Waals surface area contributed by atoms with Gasteiger partial charge in [0.1, 0.15) is 18.1 Å². The van der Waals surface area contributed by atoms with Crippen molar-refractivity contribution in [3.8, 4) is 22.6 Å². The molecular weight excluding hydrogens is 472 g/mol. The van der Waals surface area contributed by atoms with Crippen LogP contribution in [0.15, 0.2) is 30.9 Å². The number of aliphatic hydroxyl groups is 1. The number of carbonyl (C=O) groups excluding carboxylic acids is 2. The maximum Gasteiger partial charge on any atom is 0.248 e. The molecule has 2 saturated heterocycles. The summed E-state index contributed by atoms with van der Waals surface area (Å²) in [5.41, 5.74) is 11.4. The molecule has 4 N–H and O–H groups in total. The molecule has 0 aromatic carbocycles. The Labute approximate surface area is 212 Å². The molecule has 0 radical (unpaired) electrons. The Morgan fingerprint density at radius 1 is 1.19 bits per heavy atom. The molecule has 190 valence electrons. The molecule has 11 nitrogen and oxygen atoms in total. The molecule has 11 heteroatoms. The number of nitrogen functional groups attached to an aromatic ring is 1. The second kappa shape index (κ2) is 8.77. The summed E-state index contributed by atoms with van der Waals surface area (Å²) in [7, 11) is 0. The monoisotopic (exact) mass is 500 g/mol. The number of hydrogen-bond donors (Lipinski definition) is 3. The molecule has 37 heavy (non-hydrogen) atoms. The number of aromatic amines is 1. The van der Waals surface area contributed by atoms with E-state index in [1.54, 1.807) is 24.8 Å². The predicted molar refractivity (Wildman–Crippen MR) is 136 cm³/mol. The topological polar surface area (TPSA) is 155 Å². The van der Waals surface area contributed by atoms with Crippen molar-refractivity contribution < 1.29 is 14.7 Å². The molecule has 6 heterocycles. The van der Waals surface area contributed by atoms with E-state index < -0.39 is 6.61 Å². The van der Waals surface area contributed by atoms with Crippen molar-refractivity contribution in [3.63, 3.8) is 0 Å². The molecular formula is C26H28N8O3. The first-order valence-corrected chi connectivity index (χ1v) is 12.4. The molecule has 0 aliphatic carbocycles. The number of ketones is 1. The van der Waals surface area contributed by atoms with Crippen molar-refractivity contribution >= 4 is 23.2 Å². The lowest BCUT2D eigenvalue weighted by molar-refractivity contribution is -0.138. The molecule has 2 aliphatic rings. The summed E-state index contributed by atoms with van der Waals surface area (Å²) >= 11 is 0. The summed E-state index contributed by atoms with van der Waals surface area (Å²) in [6.45, 7) is 2.98. The molecule has 0 spiro atoms. The number of rotatable bonds is 5. The van der Waals surface area contributed by atoms with Crippen molar-refractivity contribution in [2.24, 2.45) is 0 Å². The third-order valence-electron chi connectivity index (χ3n) is 7.72. The Morgan fingerprint density at radius 3 is 2.57 bits per heavy atom. The Bertz CT molecular complexity index is 1510. The van der Waals surface area contributed by atoms with Gasteiger partial charge in [-0.3, -0.25) is 14.6 Å². The zero-order chi connectivity index (χ0) is 25.8. The average molecular weight is 501 g/mol. The van der Waals surface area contributed by atoms with Crippen LogP contribution in [0.25, 0.3) is 28.3 Å². The number of nitrogens with two attached hydrogens (primary N) is 1. The van der Waals surface area contributed by atoms with Crippen LogP contribution >= 0.6 is 0 Å². The number of H-pyrrole nitrogens is 1. The van der Waals surface area contributed by atoms with Crippen LogP contribution in [0, 0.1) is 6.92 Å². The van der Waals surface area contributed by atoms with Crippen molar-refractivity contribution in [1.82, 2.24) is 34.4 Å². The van der Waals surface area contributed by atoms with Crippen molar-refractivity contribution in [1.29, 1.82) is 0 Å². The minimum atomic E-state index is -0.487. The number of hydrogen-bond acceptors (Lipinski definition) is 8. The van der Waals surface area contributed by atoms with Gasteiger partial charge >= 0.3 is 0 Å². The number of imidazole rings is 1. The van der Waals surface area contributed by atoms with Crippen LogP contribution < -0.4 is 5.73 Å². The number of aromatic nitrogens is 6. The zero-order valence-corrected chi connectivity index (χ0v) is 20.7. The van der Waals surface area contributed by atoms with Crippen LogP contribution in [0.3, 0.4) is 0 Å². The summed E-state index contributed by atoms with van der Waals surface area (Å²) < 4.78 is 1.52. The second-order valence-corrected chi connectivity index (χ2v) is 9.95. The molecule has 2 bridgehead atoms. The number of anilines is 1. The molecule has 0 saturated carbocycles. The number of aliphatic hydroxyl groups excluding tert-OH is 1. The maximum absolute atomic E-state index is 12.8. The molecule has 4 aromatic rings. The number of nitrogens with zero attached hydrogens (tertiary/aromatic N) is 6. The van der Waals surface area contributed by atoms with E-state index in [1.165, 1.54) is 11.4 Å². The summed E-state index contributed by atoms with van der Waals surface area (Å²) in [6, 6.07) is 2.05. The van der Waals surface area contributed by atoms with Gasteiger partial charge in [-0.2, -0.15) is 9.61 Å². The molecule has 2 aliphatic heterocycles. The molecule has 3 atom stereocenters. The van der Waals surface area contributed by atoms with Gasteiger partial charge in [-0.25, -0.2) is 9.97 Å². The third-order valence-corrected chi connectivity index (χ3v) is 7.72. The van der Waals surface area contributed by atoms with E-state index in [2.05, 4.69) is 20.1 Å². The largest absolute Gasteiger partial charge is 0.387 e. The van der Waals surface area contributed by atoms with E-state index in [0.717, 1.165) is 35.2 Å². The number of carbonyl (C=O) groups is 2. The highest BCUT2D eigenvalue weighted by Crippen LogP contribution is 2.44. The summed E-state index contributed by atoms with van der Waals surface area (Å²) in [4.78, 5) is 43.9. The molecule has 0 unspecified atom stereocenters. The van der Waals surface area contributed by atoms with Gasteiger partial charge in [0.05, 0.1) is 17.5 Å². The van der Waals surface area contributed by atoms with Gasteiger partial charge in [0.25, 0.3) is 0 Å².